The van der Waals surface area contributed by atoms with Crippen LogP contribution in [0.25, 0.3) is 22.3 Å². The van der Waals surface area contributed by atoms with Crippen molar-refractivity contribution in [1.29, 1.82) is 0 Å². The van der Waals surface area contributed by atoms with Crippen LogP contribution in [0.1, 0.15) is 21.5 Å². The number of aldehydes is 1. The summed E-state index contributed by atoms with van der Waals surface area (Å²) in [7, 11) is -0.681. The van der Waals surface area contributed by atoms with Crippen molar-refractivity contribution in [3.8, 4) is 45.3 Å². The Morgan fingerprint density at radius 3 is 2.08 bits per heavy atom. The van der Waals surface area contributed by atoms with Crippen molar-refractivity contribution >= 4 is 16.4 Å². The van der Waals surface area contributed by atoms with E-state index in [0.29, 0.717) is 33.9 Å². The highest BCUT2D eigenvalue weighted by molar-refractivity contribution is 7.86. The van der Waals surface area contributed by atoms with E-state index in [1.54, 1.807) is 38.5 Å². The van der Waals surface area contributed by atoms with Gasteiger partial charge in [0.1, 0.15) is 24.4 Å². The Kier molecular flexibility index (Phi) is 8.02. The van der Waals surface area contributed by atoms with E-state index in [-0.39, 0.29) is 12.4 Å². The van der Waals surface area contributed by atoms with Gasteiger partial charge >= 0.3 is 10.1 Å². The summed E-state index contributed by atoms with van der Waals surface area (Å²) in [4.78, 5) is 11.1. The molecule has 0 heterocycles. The molecule has 0 fully saturated rings. The second-order valence-corrected chi connectivity index (χ2v) is 10.2. The van der Waals surface area contributed by atoms with E-state index < -0.39 is 10.1 Å². The molecule has 0 bridgehead atoms. The highest BCUT2D eigenvalue weighted by Crippen LogP contribution is 2.46. The minimum absolute atomic E-state index is 0.0647. The fourth-order valence-corrected chi connectivity index (χ4v) is 4.71. The zero-order valence-electron chi connectivity index (χ0n) is 21.6. The van der Waals surface area contributed by atoms with Crippen molar-refractivity contribution in [3.05, 3.63) is 95.6 Å². The summed E-state index contributed by atoms with van der Waals surface area (Å²) in [6, 6.07) is 23.7. The fraction of sp³-hybridized carbons (Fsp3) is 0.167. The predicted molar refractivity (Wildman–Crippen MR) is 147 cm³/mol. The molecule has 0 aliphatic heterocycles. The maximum absolute atomic E-state index is 12.1. The average molecular weight is 533 g/mol. The molecule has 0 radical (unpaired) electrons. The minimum Gasteiger partial charge on any atom is -0.496 e. The lowest BCUT2D eigenvalue weighted by Gasteiger charge is -2.20. The zero-order valence-corrected chi connectivity index (χ0v) is 22.4. The van der Waals surface area contributed by atoms with Crippen LogP contribution in [0.2, 0.25) is 0 Å². The van der Waals surface area contributed by atoms with Gasteiger partial charge in [0.25, 0.3) is 0 Å². The summed E-state index contributed by atoms with van der Waals surface area (Å²) >= 11 is 0. The Morgan fingerprint density at radius 2 is 1.47 bits per heavy atom. The van der Waals surface area contributed by atoms with E-state index in [4.69, 9.17) is 18.4 Å². The normalized spacial score (nSPS) is 11.1. The standard InChI is InChI=1S/C30H28O7S/c1-20-29(28(34-2)17-25(30(20)35-3)23-12-10-21(18-31)11-13-23)24-14-15-26(27(16-24)37-38(4,32)33)36-19-22-8-6-5-7-9-22/h5-18H,19H2,1-4H3. The van der Waals surface area contributed by atoms with Crippen LogP contribution < -0.4 is 18.4 Å². The van der Waals surface area contributed by atoms with Crippen LogP contribution in [0.3, 0.4) is 0 Å². The molecule has 8 heteroatoms. The lowest BCUT2D eigenvalue weighted by Crippen LogP contribution is -2.08. The molecular weight excluding hydrogens is 504 g/mol. The predicted octanol–water partition coefficient (Wildman–Crippen LogP) is 6.08. The smallest absolute Gasteiger partial charge is 0.306 e. The third kappa shape index (κ3) is 5.98. The lowest BCUT2D eigenvalue weighted by atomic mass is 9.92. The first-order valence-corrected chi connectivity index (χ1v) is 13.6. The molecule has 0 aliphatic carbocycles. The summed E-state index contributed by atoms with van der Waals surface area (Å²) < 4.78 is 46.9. The number of methoxy groups -OCH3 is 2. The molecule has 0 amide bonds. The largest absolute Gasteiger partial charge is 0.496 e. The number of carbonyl (C=O) groups excluding carboxylic acids is 1. The van der Waals surface area contributed by atoms with Gasteiger partial charge in [-0.25, -0.2) is 0 Å². The van der Waals surface area contributed by atoms with Crippen LogP contribution in [0.4, 0.5) is 0 Å². The quantitative estimate of drug-likeness (QED) is 0.181. The number of rotatable bonds is 10. The monoisotopic (exact) mass is 532 g/mol. The lowest BCUT2D eigenvalue weighted by molar-refractivity contribution is 0.112. The van der Waals surface area contributed by atoms with Gasteiger partial charge in [-0.15, -0.1) is 0 Å². The molecular formula is C30H28O7S. The second kappa shape index (κ2) is 11.4. The molecule has 0 aromatic heterocycles. The van der Waals surface area contributed by atoms with Crippen molar-refractivity contribution in [1.82, 2.24) is 0 Å². The summed E-state index contributed by atoms with van der Waals surface area (Å²) in [5.41, 5.74) is 5.30. The minimum atomic E-state index is -3.83. The molecule has 0 N–H and O–H groups in total. The second-order valence-electron chi connectivity index (χ2n) is 8.62. The van der Waals surface area contributed by atoms with Gasteiger partial charge in [0.05, 0.1) is 20.5 Å². The van der Waals surface area contributed by atoms with E-state index in [1.165, 1.54) is 0 Å². The average Bonchev–Trinajstić information content (AvgIpc) is 2.91. The molecule has 0 unspecified atom stereocenters. The van der Waals surface area contributed by atoms with Gasteiger partial charge in [0.2, 0.25) is 0 Å². The van der Waals surface area contributed by atoms with Crippen LogP contribution in [0.5, 0.6) is 23.0 Å². The Morgan fingerprint density at radius 1 is 0.789 bits per heavy atom. The van der Waals surface area contributed by atoms with Crippen LogP contribution in [-0.4, -0.2) is 35.2 Å². The van der Waals surface area contributed by atoms with Crippen molar-refractivity contribution in [2.75, 3.05) is 20.5 Å². The molecule has 0 saturated carbocycles. The third-order valence-electron chi connectivity index (χ3n) is 5.97. The Balaban J connectivity index is 1.81. The molecule has 4 rings (SSSR count). The van der Waals surface area contributed by atoms with Gasteiger partial charge in [-0.1, -0.05) is 60.7 Å². The molecule has 4 aromatic rings. The van der Waals surface area contributed by atoms with Crippen molar-refractivity contribution < 1.29 is 31.6 Å². The van der Waals surface area contributed by atoms with Gasteiger partial charge in [-0.2, -0.15) is 8.42 Å². The molecule has 196 valence electrons. The van der Waals surface area contributed by atoms with Crippen molar-refractivity contribution in [2.24, 2.45) is 0 Å². The van der Waals surface area contributed by atoms with E-state index in [0.717, 1.165) is 34.8 Å². The summed E-state index contributed by atoms with van der Waals surface area (Å²) in [6.45, 7) is 2.14. The topological polar surface area (TPSA) is 88.1 Å². The first-order valence-electron chi connectivity index (χ1n) is 11.8. The first kappa shape index (κ1) is 26.8. The van der Waals surface area contributed by atoms with Gasteiger partial charge in [-0.3, -0.25) is 4.79 Å². The maximum Gasteiger partial charge on any atom is 0.306 e. The van der Waals surface area contributed by atoms with E-state index in [9.17, 15) is 13.2 Å². The molecule has 0 atom stereocenters. The van der Waals surface area contributed by atoms with E-state index >= 15 is 0 Å². The number of carbonyl (C=O) groups is 1. The maximum atomic E-state index is 12.1. The van der Waals surface area contributed by atoms with E-state index in [1.807, 2.05) is 61.5 Å². The number of benzene rings is 4. The SMILES string of the molecule is COc1cc(-c2ccc(C=O)cc2)c(OC)c(C)c1-c1ccc(OCc2ccccc2)c(OS(C)(=O)=O)c1. The summed E-state index contributed by atoms with van der Waals surface area (Å²) in [5.74, 6) is 1.53. The third-order valence-corrected chi connectivity index (χ3v) is 6.46. The molecule has 7 nitrogen and oxygen atoms in total. The van der Waals surface area contributed by atoms with Crippen LogP contribution in [0.15, 0.2) is 78.9 Å². The van der Waals surface area contributed by atoms with E-state index in [2.05, 4.69) is 0 Å². The molecule has 0 saturated heterocycles. The van der Waals surface area contributed by atoms with Crippen molar-refractivity contribution in [2.45, 2.75) is 13.5 Å². The summed E-state index contributed by atoms with van der Waals surface area (Å²) in [6.07, 6.45) is 1.78. The molecule has 0 aliphatic rings. The van der Waals surface area contributed by atoms with Gasteiger partial charge in [0, 0.05) is 22.3 Å². The number of hydrogen-bond acceptors (Lipinski definition) is 7. The van der Waals surface area contributed by atoms with Crippen LogP contribution in [0, 0.1) is 6.92 Å². The van der Waals surface area contributed by atoms with Gasteiger partial charge in [0.15, 0.2) is 11.5 Å². The highest BCUT2D eigenvalue weighted by Gasteiger charge is 2.21. The van der Waals surface area contributed by atoms with Crippen LogP contribution in [-0.2, 0) is 16.7 Å². The Hall–Kier alpha value is -4.30. The van der Waals surface area contributed by atoms with Gasteiger partial charge in [-0.05, 0) is 41.8 Å². The number of ether oxygens (including phenoxy) is 3. The highest BCUT2D eigenvalue weighted by atomic mass is 32.2. The Bertz CT molecular complexity index is 1540. The first-order chi connectivity index (χ1) is 18.2. The summed E-state index contributed by atoms with van der Waals surface area (Å²) in [5, 5.41) is 0. The molecule has 0 spiro atoms. The number of hydrogen-bond donors (Lipinski definition) is 0. The molecule has 4 aromatic carbocycles. The Labute approximate surface area is 222 Å². The molecule has 38 heavy (non-hydrogen) atoms. The van der Waals surface area contributed by atoms with Crippen LogP contribution >= 0.6 is 0 Å². The van der Waals surface area contributed by atoms with Gasteiger partial charge < -0.3 is 18.4 Å². The van der Waals surface area contributed by atoms with Crippen molar-refractivity contribution in [3.63, 3.8) is 0 Å². The fourth-order valence-electron chi connectivity index (χ4n) is 4.25. The zero-order chi connectivity index (χ0) is 27.3.